The number of para-hydroxylation sites is 1. The van der Waals surface area contributed by atoms with Crippen molar-refractivity contribution in [1.29, 1.82) is 0 Å². The average Bonchev–Trinajstić information content (AvgIpc) is 2.99. The Morgan fingerprint density at radius 3 is 2.46 bits per heavy atom. The molecule has 120 valence electrons. The summed E-state index contributed by atoms with van der Waals surface area (Å²) in [4.78, 5) is 0. The van der Waals surface area contributed by atoms with E-state index in [0.29, 0.717) is 0 Å². The summed E-state index contributed by atoms with van der Waals surface area (Å²) in [5.74, 6) is 0.723. The molecule has 0 spiro atoms. The summed E-state index contributed by atoms with van der Waals surface area (Å²) in [6.07, 6.45) is 2.36. The molecular formula is C23H22O. The van der Waals surface area contributed by atoms with Crippen molar-refractivity contribution in [3.8, 4) is 11.1 Å². The number of hydrogen-bond acceptors (Lipinski definition) is 1. The highest BCUT2D eigenvalue weighted by molar-refractivity contribution is 6.06. The molecule has 4 aromatic rings. The molecule has 1 atom stereocenters. The van der Waals surface area contributed by atoms with Crippen LogP contribution < -0.4 is 0 Å². The van der Waals surface area contributed by atoms with Gasteiger partial charge in [0.05, 0.1) is 0 Å². The van der Waals surface area contributed by atoms with Crippen molar-refractivity contribution in [1.82, 2.24) is 0 Å². The minimum atomic E-state index is 0.723. The Morgan fingerprint density at radius 2 is 1.58 bits per heavy atom. The molecule has 3 aromatic carbocycles. The Labute approximate surface area is 142 Å². The van der Waals surface area contributed by atoms with Crippen molar-refractivity contribution in [3.63, 3.8) is 0 Å². The maximum absolute atomic E-state index is 5.93. The van der Waals surface area contributed by atoms with Crippen LogP contribution in [0.25, 0.3) is 33.1 Å². The van der Waals surface area contributed by atoms with Gasteiger partial charge in [-0.25, -0.2) is 0 Å². The van der Waals surface area contributed by atoms with Crippen LogP contribution >= 0.6 is 0 Å². The lowest BCUT2D eigenvalue weighted by molar-refractivity contribution is 0.560. The minimum Gasteiger partial charge on any atom is -0.456 e. The largest absolute Gasteiger partial charge is 0.456 e. The molecule has 0 aliphatic heterocycles. The molecule has 0 saturated carbocycles. The molecule has 0 bridgehead atoms. The fraction of sp³-hybridized carbons (Fsp3) is 0.217. The van der Waals surface area contributed by atoms with Gasteiger partial charge in [0, 0.05) is 10.8 Å². The summed E-state index contributed by atoms with van der Waals surface area (Å²) in [7, 11) is 0. The molecular weight excluding hydrogens is 292 g/mol. The predicted octanol–water partition coefficient (Wildman–Crippen LogP) is 6.84. The lowest BCUT2D eigenvalue weighted by atomic mass is 9.95. The van der Waals surface area contributed by atoms with Crippen molar-refractivity contribution in [2.24, 2.45) is 5.92 Å². The molecule has 0 amide bonds. The van der Waals surface area contributed by atoms with Crippen molar-refractivity contribution >= 4 is 21.9 Å². The van der Waals surface area contributed by atoms with Gasteiger partial charge in [-0.05, 0) is 47.2 Å². The number of hydrogen-bond donors (Lipinski definition) is 0. The fourth-order valence-electron chi connectivity index (χ4n) is 3.33. The van der Waals surface area contributed by atoms with Gasteiger partial charge in [-0.3, -0.25) is 0 Å². The number of fused-ring (bicyclic) bond motifs is 3. The molecule has 1 unspecified atom stereocenters. The molecule has 0 N–H and O–H groups in total. The van der Waals surface area contributed by atoms with Crippen LogP contribution in [-0.2, 0) is 6.42 Å². The first-order valence-corrected chi connectivity index (χ1v) is 8.75. The van der Waals surface area contributed by atoms with Crippen molar-refractivity contribution in [2.45, 2.75) is 26.7 Å². The van der Waals surface area contributed by atoms with Gasteiger partial charge in [0.15, 0.2) is 0 Å². The standard InChI is InChI=1S/C23H22O/c1-3-16(2)13-17-7-6-8-18(14-17)19-11-12-23-21(15-19)20-9-4-5-10-22(20)24-23/h4-12,14-16H,3,13H2,1-2H3. The van der Waals surface area contributed by atoms with Gasteiger partial charge >= 0.3 is 0 Å². The second kappa shape index (κ2) is 6.16. The summed E-state index contributed by atoms with van der Waals surface area (Å²) in [6.45, 7) is 4.57. The highest BCUT2D eigenvalue weighted by Gasteiger charge is 2.09. The summed E-state index contributed by atoms with van der Waals surface area (Å²) in [5, 5.41) is 2.38. The van der Waals surface area contributed by atoms with Crippen LogP contribution in [0.2, 0.25) is 0 Å². The lowest BCUT2D eigenvalue weighted by Crippen LogP contribution is -1.97. The third-order valence-electron chi connectivity index (χ3n) is 4.92. The zero-order valence-electron chi connectivity index (χ0n) is 14.3. The Bertz CT molecular complexity index is 993. The molecule has 1 aromatic heterocycles. The van der Waals surface area contributed by atoms with Gasteiger partial charge in [0.1, 0.15) is 11.2 Å². The van der Waals surface area contributed by atoms with Gasteiger partial charge < -0.3 is 4.42 Å². The van der Waals surface area contributed by atoms with E-state index in [9.17, 15) is 0 Å². The quantitative estimate of drug-likeness (QED) is 0.402. The van der Waals surface area contributed by atoms with E-state index in [2.05, 4.69) is 68.4 Å². The van der Waals surface area contributed by atoms with E-state index in [1.807, 2.05) is 12.1 Å². The fourth-order valence-corrected chi connectivity index (χ4v) is 3.33. The smallest absolute Gasteiger partial charge is 0.135 e. The van der Waals surface area contributed by atoms with Gasteiger partial charge in [-0.1, -0.05) is 68.8 Å². The number of rotatable bonds is 4. The van der Waals surface area contributed by atoms with E-state index in [1.54, 1.807) is 0 Å². The summed E-state index contributed by atoms with van der Waals surface area (Å²) < 4.78 is 5.93. The van der Waals surface area contributed by atoms with Crippen LogP contribution in [0.1, 0.15) is 25.8 Å². The maximum Gasteiger partial charge on any atom is 0.135 e. The molecule has 0 aliphatic carbocycles. The topological polar surface area (TPSA) is 13.1 Å². The van der Waals surface area contributed by atoms with Gasteiger partial charge in [-0.15, -0.1) is 0 Å². The van der Waals surface area contributed by atoms with Crippen molar-refractivity contribution < 1.29 is 4.42 Å². The molecule has 0 fully saturated rings. The third kappa shape index (κ3) is 2.71. The highest BCUT2D eigenvalue weighted by Crippen LogP contribution is 2.32. The molecule has 0 saturated heterocycles. The zero-order valence-corrected chi connectivity index (χ0v) is 14.3. The van der Waals surface area contributed by atoms with E-state index >= 15 is 0 Å². The maximum atomic E-state index is 5.93. The monoisotopic (exact) mass is 314 g/mol. The van der Waals surface area contributed by atoms with Crippen LogP contribution in [-0.4, -0.2) is 0 Å². The molecule has 0 radical (unpaired) electrons. The van der Waals surface area contributed by atoms with E-state index < -0.39 is 0 Å². The van der Waals surface area contributed by atoms with Crippen LogP contribution in [0.3, 0.4) is 0 Å². The van der Waals surface area contributed by atoms with E-state index in [0.717, 1.165) is 23.5 Å². The summed E-state index contributed by atoms with van der Waals surface area (Å²) in [6, 6.07) is 23.7. The zero-order chi connectivity index (χ0) is 16.5. The molecule has 24 heavy (non-hydrogen) atoms. The summed E-state index contributed by atoms with van der Waals surface area (Å²) in [5.41, 5.74) is 5.85. The Balaban J connectivity index is 1.79. The first kappa shape index (κ1) is 15.0. The first-order valence-electron chi connectivity index (χ1n) is 8.75. The van der Waals surface area contributed by atoms with Crippen LogP contribution in [0.4, 0.5) is 0 Å². The Kier molecular flexibility index (Phi) is 3.86. The second-order valence-corrected chi connectivity index (χ2v) is 6.73. The molecule has 1 heterocycles. The van der Waals surface area contributed by atoms with Crippen molar-refractivity contribution in [3.05, 3.63) is 72.3 Å². The lowest BCUT2D eigenvalue weighted by Gasteiger charge is -2.10. The van der Waals surface area contributed by atoms with E-state index in [1.165, 1.54) is 33.9 Å². The van der Waals surface area contributed by atoms with Crippen LogP contribution in [0.5, 0.6) is 0 Å². The van der Waals surface area contributed by atoms with Crippen molar-refractivity contribution in [2.75, 3.05) is 0 Å². The van der Waals surface area contributed by atoms with E-state index in [4.69, 9.17) is 4.42 Å². The van der Waals surface area contributed by atoms with Crippen LogP contribution in [0.15, 0.2) is 71.1 Å². The molecule has 4 rings (SSSR count). The van der Waals surface area contributed by atoms with Gasteiger partial charge in [0.25, 0.3) is 0 Å². The first-order chi connectivity index (χ1) is 11.7. The molecule has 1 heteroatoms. The number of furan rings is 1. The third-order valence-corrected chi connectivity index (χ3v) is 4.92. The second-order valence-electron chi connectivity index (χ2n) is 6.73. The molecule has 0 aliphatic rings. The van der Waals surface area contributed by atoms with Crippen LogP contribution in [0, 0.1) is 5.92 Å². The SMILES string of the molecule is CCC(C)Cc1cccc(-c2ccc3oc4ccccc4c3c2)c1. The van der Waals surface area contributed by atoms with E-state index in [-0.39, 0.29) is 0 Å². The average molecular weight is 314 g/mol. The minimum absolute atomic E-state index is 0.723. The van der Waals surface area contributed by atoms with Gasteiger partial charge in [-0.2, -0.15) is 0 Å². The predicted molar refractivity (Wildman–Crippen MR) is 102 cm³/mol. The Hall–Kier alpha value is -2.54. The number of benzene rings is 3. The molecule has 1 nitrogen and oxygen atoms in total. The van der Waals surface area contributed by atoms with Gasteiger partial charge in [0.2, 0.25) is 0 Å². The summed E-state index contributed by atoms with van der Waals surface area (Å²) >= 11 is 0. The Morgan fingerprint density at radius 1 is 0.792 bits per heavy atom. The highest BCUT2D eigenvalue weighted by atomic mass is 16.3. The normalized spacial score (nSPS) is 12.8.